The first-order chi connectivity index (χ1) is 9.84. The lowest BCUT2D eigenvalue weighted by Crippen LogP contribution is -2.31. The van der Waals surface area contributed by atoms with Crippen LogP contribution in [0.1, 0.15) is 29.4 Å². The van der Waals surface area contributed by atoms with Gasteiger partial charge in [0.2, 0.25) is 0 Å². The highest BCUT2D eigenvalue weighted by Gasteiger charge is 2.46. The highest BCUT2D eigenvalue weighted by atomic mass is 32.2. The van der Waals surface area contributed by atoms with Gasteiger partial charge in [0.05, 0.1) is 0 Å². The summed E-state index contributed by atoms with van der Waals surface area (Å²) in [6.45, 7) is 0. The van der Waals surface area contributed by atoms with Crippen LogP contribution in [-0.4, -0.2) is 11.8 Å². The van der Waals surface area contributed by atoms with E-state index in [1.807, 2.05) is 11.8 Å². The van der Waals surface area contributed by atoms with Crippen LogP contribution in [-0.2, 0) is 0 Å². The molecule has 2 N–H and O–H groups in total. The second-order valence-corrected chi connectivity index (χ2v) is 7.01. The van der Waals surface area contributed by atoms with Crippen LogP contribution in [0.4, 0.5) is 0 Å². The van der Waals surface area contributed by atoms with Crippen LogP contribution >= 0.6 is 11.8 Å². The molecule has 1 fully saturated rings. The van der Waals surface area contributed by atoms with Gasteiger partial charge < -0.3 is 5.73 Å². The zero-order chi connectivity index (χ0) is 13.5. The largest absolute Gasteiger partial charge is 0.327 e. The first-order valence-corrected chi connectivity index (χ1v) is 8.35. The Labute approximate surface area is 124 Å². The average molecular weight is 281 g/mol. The Morgan fingerprint density at radius 1 is 1.00 bits per heavy atom. The third-order valence-corrected chi connectivity index (χ3v) is 5.97. The van der Waals surface area contributed by atoms with Crippen LogP contribution in [0, 0.1) is 5.92 Å². The van der Waals surface area contributed by atoms with Crippen LogP contribution in [0.2, 0.25) is 0 Å². The van der Waals surface area contributed by atoms with Gasteiger partial charge in [-0.3, -0.25) is 0 Å². The van der Waals surface area contributed by atoms with Gasteiger partial charge in [-0.25, -0.2) is 0 Å². The van der Waals surface area contributed by atoms with E-state index in [1.165, 1.54) is 22.4 Å². The van der Waals surface area contributed by atoms with Crippen LogP contribution in [0.25, 0.3) is 0 Å². The molecule has 4 rings (SSSR count). The Bertz CT molecular complexity index is 610. The summed E-state index contributed by atoms with van der Waals surface area (Å²) in [4.78, 5) is 1.44. The van der Waals surface area contributed by atoms with E-state index in [9.17, 15) is 0 Å². The summed E-state index contributed by atoms with van der Waals surface area (Å²) in [5.74, 6) is 3.03. The molecule has 1 aliphatic heterocycles. The molecule has 1 aliphatic carbocycles. The molecule has 2 heteroatoms. The van der Waals surface area contributed by atoms with E-state index in [4.69, 9.17) is 5.73 Å². The fraction of sp³-hybridized carbons (Fsp3) is 0.333. The third kappa shape index (κ3) is 2.07. The fourth-order valence-corrected chi connectivity index (χ4v) is 4.85. The number of nitrogens with two attached hydrogens (primary N) is 1. The Morgan fingerprint density at radius 2 is 1.75 bits per heavy atom. The molecule has 2 aromatic carbocycles. The van der Waals surface area contributed by atoms with Gasteiger partial charge in [0.25, 0.3) is 0 Å². The molecular formula is C18H19NS. The predicted octanol–water partition coefficient (Wildman–Crippen LogP) is 4.01. The molecule has 2 aromatic rings. The van der Waals surface area contributed by atoms with Crippen molar-refractivity contribution in [3.05, 3.63) is 65.7 Å². The average Bonchev–Trinajstić information content (AvgIpc) is 3.20. The van der Waals surface area contributed by atoms with Gasteiger partial charge in [0.15, 0.2) is 0 Å². The summed E-state index contributed by atoms with van der Waals surface area (Å²) < 4.78 is 0. The van der Waals surface area contributed by atoms with Crippen molar-refractivity contribution < 1.29 is 0 Å². The fourth-order valence-electron chi connectivity index (χ4n) is 3.53. The first kappa shape index (κ1) is 12.5. The van der Waals surface area contributed by atoms with Crippen LogP contribution in [0.15, 0.2) is 59.5 Å². The minimum atomic E-state index is 0.302. The van der Waals surface area contributed by atoms with Gasteiger partial charge in [0, 0.05) is 22.6 Å². The van der Waals surface area contributed by atoms with Crippen molar-refractivity contribution in [1.82, 2.24) is 0 Å². The maximum atomic E-state index is 6.61. The van der Waals surface area contributed by atoms with E-state index in [-0.39, 0.29) is 0 Å². The number of fused-ring (bicyclic) bond motifs is 1. The second kappa shape index (κ2) is 4.94. The van der Waals surface area contributed by atoms with Gasteiger partial charge in [-0.05, 0) is 35.4 Å². The monoisotopic (exact) mass is 281 g/mol. The highest BCUT2D eigenvalue weighted by Crippen LogP contribution is 2.53. The van der Waals surface area contributed by atoms with E-state index < -0.39 is 0 Å². The number of benzene rings is 2. The first-order valence-electron chi connectivity index (χ1n) is 7.37. The molecule has 0 amide bonds. The van der Waals surface area contributed by atoms with E-state index in [0.29, 0.717) is 23.8 Å². The third-order valence-electron chi connectivity index (χ3n) is 4.76. The van der Waals surface area contributed by atoms with Gasteiger partial charge >= 0.3 is 0 Å². The second-order valence-electron chi connectivity index (χ2n) is 5.95. The molecule has 0 radical (unpaired) electrons. The van der Waals surface area contributed by atoms with Crippen molar-refractivity contribution in [2.24, 2.45) is 11.7 Å². The zero-order valence-corrected chi connectivity index (χ0v) is 12.2. The quantitative estimate of drug-likeness (QED) is 0.920. The standard InChI is InChI=1S/C18H19NS/c19-18(15-10-14(15)12-6-2-1-3-7-12)16-11-20-17-9-5-4-8-13(16)17/h1-9,14-16,18H,10-11,19H2. The lowest BCUT2D eigenvalue weighted by molar-refractivity contribution is 0.507. The smallest absolute Gasteiger partial charge is 0.0151 e. The molecule has 4 atom stereocenters. The van der Waals surface area contributed by atoms with Gasteiger partial charge in [-0.1, -0.05) is 48.5 Å². The molecule has 1 nitrogen and oxygen atoms in total. The molecule has 0 saturated heterocycles. The van der Waals surface area contributed by atoms with E-state index >= 15 is 0 Å². The summed E-state index contributed by atoms with van der Waals surface area (Å²) >= 11 is 1.97. The van der Waals surface area contributed by atoms with Crippen molar-refractivity contribution in [2.75, 3.05) is 5.75 Å². The van der Waals surface area contributed by atoms with Crippen molar-refractivity contribution in [1.29, 1.82) is 0 Å². The van der Waals surface area contributed by atoms with Crippen LogP contribution in [0.5, 0.6) is 0 Å². The van der Waals surface area contributed by atoms with E-state index in [2.05, 4.69) is 54.6 Å². The molecule has 4 unspecified atom stereocenters. The Kier molecular flexibility index (Phi) is 3.08. The maximum Gasteiger partial charge on any atom is 0.0151 e. The van der Waals surface area contributed by atoms with Crippen molar-refractivity contribution >= 4 is 11.8 Å². The zero-order valence-electron chi connectivity index (χ0n) is 11.4. The number of hydrogen-bond donors (Lipinski definition) is 1. The Balaban J connectivity index is 1.52. The summed E-state index contributed by atoms with van der Waals surface area (Å²) in [6.07, 6.45) is 1.26. The lowest BCUT2D eigenvalue weighted by Gasteiger charge is -2.20. The van der Waals surface area contributed by atoms with Gasteiger partial charge in [-0.2, -0.15) is 0 Å². The van der Waals surface area contributed by atoms with Crippen LogP contribution in [0.3, 0.4) is 0 Å². The molecule has 1 heterocycles. The molecule has 2 aliphatic rings. The Morgan fingerprint density at radius 3 is 2.60 bits per heavy atom. The summed E-state index contributed by atoms with van der Waals surface area (Å²) in [5.41, 5.74) is 9.55. The number of thioether (sulfide) groups is 1. The molecule has 0 spiro atoms. The molecule has 20 heavy (non-hydrogen) atoms. The SMILES string of the molecule is NC(C1CSc2ccccc21)C1CC1c1ccccc1. The summed E-state index contributed by atoms with van der Waals surface area (Å²) in [6, 6.07) is 19.9. The van der Waals surface area contributed by atoms with Gasteiger partial charge in [0.1, 0.15) is 0 Å². The highest BCUT2D eigenvalue weighted by molar-refractivity contribution is 7.99. The molecule has 0 bridgehead atoms. The topological polar surface area (TPSA) is 26.0 Å². The van der Waals surface area contributed by atoms with Crippen LogP contribution < -0.4 is 5.73 Å². The lowest BCUT2D eigenvalue weighted by atomic mass is 9.89. The minimum Gasteiger partial charge on any atom is -0.327 e. The van der Waals surface area contributed by atoms with Crippen molar-refractivity contribution in [2.45, 2.75) is 29.2 Å². The molecular weight excluding hydrogens is 262 g/mol. The Hall–Kier alpha value is -1.25. The number of rotatable bonds is 3. The van der Waals surface area contributed by atoms with E-state index in [1.54, 1.807) is 0 Å². The van der Waals surface area contributed by atoms with Gasteiger partial charge in [-0.15, -0.1) is 11.8 Å². The van der Waals surface area contributed by atoms with Crippen molar-refractivity contribution in [3.63, 3.8) is 0 Å². The minimum absolute atomic E-state index is 0.302. The number of hydrogen-bond acceptors (Lipinski definition) is 2. The summed E-state index contributed by atoms with van der Waals surface area (Å²) in [7, 11) is 0. The maximum absolute atomic E-state index is 6.61. The van der Waals surface area contributed by atoms with E-state index in [0.717, 1.165) is 5.75 Å². The summed E-state index contributed by atoms with van der Waals surface area (Å²) in [5, 5.41) is 0. The van der Waals surface area contributed by atoms with Crippen molar-refractivity contribution in [3.8, 4) is 0 Å². The molecule has 102 valence electrons. The normalized spacial score (nSPS) is 28.9. The molecule has 1 saturated carbocycles. The molecule has 0 aromatic heterocycles. The predicted molar refractivity (Wildman–Crippen MR) is 85.2 cm³/mol.